The molecule has 1 aromatic carbocycles. The summed E-state index contributed by atoms with van der Waals surface area (Å²) in [5.74, 6) is 0.723. The fourth-order valence-corrected chi connectivity index (χ4v) is 4.04. The number of hydrogen-bond donors (Lipinski definition) is 1. The van der Waals surface area contributed by atoms with Gasteiger partial charge in [0.25, 0.3) is 0 Å². The minimum absolute atomic E-state index is 0.436. The molecule has 1 aliphatic carbocycles. The number of piperazine rings is 1. The third kappa shape index (κ3) is 3.47. The van der Waals surface area contributed by atoms with E-state index in [0.717, 1.165) is 19.0 Å². The maximum absolute atomic E-state index is 6.31. The Balaban J connectivity index is 1.55. The van der Waals surface area contributed by atoms with Crippen LogP contribution in [0.25, 0.3) is 0 Å². The lowest BCUT2D eigenvalue weighted by molar-refractivity contribution is 0.177. The normalized spacial score (nSPS) is 27.1. The standard InChI is InChI=1S/C19H31N3/c1-15-6-5-9-19(16(15)2)22-12-10-21(11-13-22)14-17-7-3-4-8-18(17)20/h5-6,9,17-18H,3-4,7-8,10-14,20H2,1-2H3. The molecule has 22 heavy (non-hydrogen) atoms. The van der Waals surface area contributed by atoms with E-state index in [1.54, 1.807) is 0 Å². The van der Waals surface area contributed by atoms with E-state index in [4.69, 9.17) is 5.73 Å². The summed E-state index contributed by atoms with van der Waals surface area (Å²) in [4.78, 5) is 5.19. The van der Waals surface area contributed by atoms with Gasteiger partial charge in [-0.2, -0.15) is 0 Å². The SMILES string of the molecule is Cc1cccc(N2CCN(CC3CCCCC3N)CC2)c1C. The summed E-state index contributed by atoms with van der Waals surface area (Å²) in [6, 6.07) is 7.10. The molecule has 0 amide bonds. The van der Waals surface area contributed by atoms with Crippen LogP contribution in [0.3, 0.4) is 0 Å². The summed E-state index contributed by atoms with van der Waals surface area (Å²) < 4.78 is 0. The Bertz CT molecular complexity index is 491. The molecule has 3 nitrogen and oxygen atoms in total. The zero-order valence-corrected chi connectivity index (χ0v) is 14.2. The van der Waals surface area contributed by atoms with Gasteiger partial charge in [0, 0.05) is 44.5 Å². The first kappa shape index (κ1) is 15.8. The molecule has 3 rings (SSSR count). The summed E-state index contributed by atoms with van der Waals surface area (Å²) >= 11 is 0. The molecule has 1 heterocycles. The van der Waals surface area contributed by atoms with E-state index in [9.17, 15) is 0 Å². The molecule has 0 bridgehead atoms. The highest BCUT2D eigenvalue weighted by molar-refractivity contribution is 5.56. The van der Waals surface area contributed by atoms with E-state index >= 15 is 0 Å². The summed E-state index contributed by atoms with van der Waals surface area (Å²) in [7, 11) is 0. The Kier molecular flexibility index (Phi) is 5.04. The predicted molar refractivity (Wildman–Crippen MR) is 94.5 cm³/mol. The molecule has 2 unspecified atom stereocenters. The van der Waals surface area contributed by atoms with Crippen molar-refractivity contribution >= 4 is 5.69 Å². The Labute approximate surface area is 135 Å². The summed E-state index contributed by atoms with van der Waals surface area (Å²) in [6.07, 6.45) is 5.27. The highest BCUT2D eigenvalue weighted by Gasteiger charge is 2.26. The number of nitrogens with zero attached hydrogens (tertiary/aromatic N) is 2. The van der Waals surface area contributed by atoms with Gasteiger partial charge in [0.05, 0.1) is 0 Å². The van der Waals surface area contributed by atoms with Crippen molar-refractivity contribution in [2.75, 3.05) is 37.6 Å². The van der Waals surface area contributed by atoms with Crippen LogP contribution in [0, 0.1) is 19.8 Å². The number of aryl methyl sites for hydroxylation is 1. The molecule has 2 atom stereocenters. The molecule has 2 aliphatic rings. The Morgan fingerprint density at radius 3 is 2.50 bits per heavy atom. The van der Waals surface area contributed by atoms with E-state index in [1.165, 1.54) is 62.1 Å². The average Bonchev–Trinajstić information content (AvgIpc) is 2.53. The minimum Gasteiger partial charge on any atom is -0.369 e. The summed E-state index contributed by atoms with van der Waals surface area (Å²) in [5.41, 5.74) is 10.6. The molecular formula is C19H31N3. The van der Waals surface area contributed by atoms with Gasteiger partial charge in [-0.05, 0) is 49.8 Å². The predicted octanol–water partition coefficient (Wildman–Crippen LogP) is 2.94. The Morgan fingerprint density at radius 1 is 1.05 bits per heavy atom. The van der Waals surface area contributed by atoms with Crippen molar-refractivity contribution in [2.45, 2.75) is 45.6 Å². The quantitative estimate of drug-likeness (QED) is 0.931. The van der Waals surface area contributed by atoms with Crippen molar-refractivity contribution < 1.29 is 0 Å². The van der Waals surface area contributed by atoms with Crippen molar-refractivity contribution in [3.05, 3.63) is 29.3 Å². The molecule has 1 saturated carbocycles. The van der Waals surface area contributed by atoms with Crippen LogP contribution in [0.5, 0.6) is 0 Å². The van der Waals surface area contributed by atoms with E-state index < -0.39 is 0 Å². The third-order valence-corrected chi connectivity index (χ3v) is 5.75. The van der Waals surface area contributed by atoms with Gasteiger partial charge in [0.2, 0.25) is 0 Å². The largest absolute Gasteiger partial charge is 0.369 e. The van der Waals surface area contributed by atoms with Gasteiger partial charge in [-0.25, -0.2) is 0 Å². The highest BCUT2D eigenvalue weighted by Crippen LogP contribution is 2.26. The van der Waals surface area contributed by atoms with Crippen LogP contribution in [0.15, 0.2) is 18.2 Å². The smallest absolute Gasteiger partial charge is 0.0399 e. The number of nitrogens with two attached hydrogens (primary N) is 1. The first-order valence-electron chi connectivity index (χ1n) is 8.94. The van der Waals surface area contributed by atoms with E-state index in [0.29, 0.717) is 6.04 Å². The lowest BCUT2D eigenvalue weighted by Gasteiger charge is -2.40. The van der Waals surface area contributed by atoms with Crippen molar-refractivity contribution in [1.82, 2.24) is 4.90 Å². The second-order valence-electron chi connectivity index (χ2n) is 7.22. The molecule has 1 aliphatic heterocycles. The molecule has 122 valence electrons. The van der Waals surface area contributed by atoms with Gasteiger partial charge >= 0.3 is 0 Å². The van der Waals surface area contributed by atoms with Crippen LogP contribution < -0.4 is 10.6 Å². The van der Waals surface area contributed by atoms with Crippen LogP contribution in [0.1, 0.15) is 36.8 Å². The number of anilines is 1. The van der Waals surface area contributed by atoms with Gasteiger partial charge in [0.15, 0.2) is 0 Å². The zero-order valence-electron chi connectivity index (χ0n) is 14.2. The monoisotopic (exact) mass is 301 g/mol. The van der Waals surface area contributed by atoms with Crippen LogP contribution >= 0.6 is 0 Å². The minimum atomic E-state index is 0.436. The van der Waals surface area contributed by atoms with E-state index in [2.05, 4.69) is 41.8 Å². The zero-order chi connectivity index (χ0) is 15.5. The molecule has 1 saturated heterocycles. The maximum Gasteiger partial charge on any atom is 0.0399 e. The van der Waals surface area contributed by atoms with Gasteiger partial charge in [-0.15, -0.1) is 0 Å². The van der Waals surface area contributed by atoms with Crippen LogP contribution in [0.4, 0.5) is 5.69 Å². The lowest BCUT2D eigenvalue weighted by atomic mass is 9.84. The second-order valence-corrected chi connectivity index (χ2v) is 7.22. The summed E-state index contributed by atoms with van der Waals surface area (Å²) in [6.45, 7) is 10.3. The van der Waals surface area contributed by atoms with Gasteiger partial charge in [-0.1, -0.05) is 25.0 Å². The first-order valence-corrected chi connectivity index (χ1v) is 8.94. The van der Waals surface area contributed by atoms with Crippen LogP contribution in [-0.4, -0.2) is 43.7 Å². The van der Waals surface area contributed by atoms with Crippen LogP contribution in [-0.2, 0) is 0 Å². The Morgan fingerprint density at radius 2 is 1.77 bits per heavy atom. The molecule has 0 radical (unpaired) electrons. The van der Waals surface area contributed by atoms with Crippen LogP contribution in [0.2, 0.25) is 0 Å². The molecule has 0 spiro atoms. The topological polar surface area (TPSA) is 32.5 Å². The summed E-state index contributed by atoms with van der Waals surface area (Å²) in [5, 5.41) is 0. The molecular weight excluding hydrogens is 270 g/mol. The van der Waals surface area contributed by atoms with Gasteiger partial charge in [0.1, 0.15) is 0 Å². The van der Waals surface area contributed by atoms with Crippen molar-refractivity contribution in [3.8, 4) is 0 Å². The number of benzene rings is 1. The van der Waals surface area contributed by atoms with Gasteiger partial charge in [-0.3, -0.25) is 4.90 Å². The fraction of sp³-hybridized carbons (Fsp3) is 0.684. The second kappa shape index (κ2) is 7.01. The maximum atomic E-state index is 6.31. The Hall–Kier alpha value is -1.06. The van der Waals surface area contributed by atoms with Gasteiger partial charge < -0.3 is 10.6 Å². The van der Waals surface area contributed by atoms with E-state index in [1.807, 2.05) is 0 Å². The number of hydrogen-bond acceptors (Lipinski definition) is 3. The van der Waals surface area contributed by atoms with E-state index in [-0.39, 0.29) is 0 Å². The highest BCUT2D eigenvalue weighted by atomic mass is 15.3. The molecule has 2 N–H and O–H groups in total. The average molecular weight is 301 g/mol. The third-order valence-electron chi connectivity index (χ3n) is 5.75. The molecule has 3 heteroatoms. The van der Waals surface area contributed by atoms with Crippen molar-refractivity contribution in [2.24, 2.45) is 11.7 Å². The first-order chi connectivity index (χ1) is 10.6. The molecule has 2 fully saturated rings. The number of rotatable bonds is 3. The lowest BCUT2D eigenvalue weighted by Crippen LogP contribution is -2.50. The molecule has 0 aromatic heterocycles. The molecule has 1 aromatic rings. The van der Waals surface area contributed by atoms with Crippen molar-refractivity contribution in [3.63, 3.8) is 0 Å². The fourth-order valence-electron chi connectivity index (χ4n) is 4.04. The van der Waals surface area contributed by atoms with Crippen molar-refractivity contribution in [1.29, 1.82) is 0 Å².